The van der Waals surface area contributed by atoms with Gasteiger partial charge in [-0.25, -0.2) is 0 Å². The van der Waals surface area contributed by atoms with Crippen molar-refractivity contribution in [2.75, 3.05) is 14.1 Å². The van der Waals surface area contributed by atoms with Crippen LogP contribution in [0.25, 0.3) is 5.70 Å². The maximum atomic E-state index is 11.5. The van der Waals surface area contributed by atoms with E-state index in [1.165, 1.54) is 7.05 Å². The number of carbonyl (C=O) groups is 1. The summed E-state index contributed by atoms with van der Waals surface area (Å²) in [5, 5.41) is 14.3. The van der Waals surface area contributed by atoms with Crippen LogP contribution < -0.4 is 10.6 Å². The Kier molecular flexibility index (Phi) is 4.10. The molecule has 0 heterocycles. The van der Waals surface area contributed by atoms with E-state index >= 15 is 0 Å². The first-order valence-electron chi connectivity index (χ1n) is 4.84. The van der Waals surface area contributed by atoms with E-state index < -0.39 is 5.91 Å². The number of nitrogens with zero attached hydrogens (tertiary/aromatic N) is 1. The van der Waals surface area contributed by atoms with Gasteiger partial charge in [0.25, 0.3) is 5.91 Å². The fourth-order valence-electron chi connectivity index (χ4n) is 1.36. The van der Waals surface area contributed by atoms with E-state index in [1.807, 2.05) is 36.4 Å². The van der Waals surface area contributed by atoms with Crippen molar-refractivity contribution in [3.63, 3.8) is 0 Å². The molecule has 0 bridgehead atoms. The summed E-state index contributed by atoms with van der Waals surface area (Å²) < 4.78 is 0. The Balaban J connectivity index is 3.29. The SMILES string of the molecule is CNC(=O)/C(C#N)=C(/NC)c1ccccc1. The lowest BCUT2D eigenvalue weighted by Gasteiger charge is -2.09. The molecule has 0 aliphatic rings. The summed E-state index contributed by atoms with van der Waals surface area (Å²) in [6, 6.07) is 11.2. The van der Waals surface area contributed by atoms with Crippen LogP contribution in [0.3, 0.4) is 0 Å². The third-order valence-corrected chi connectivity index (χ3v) is 2.13. The standard InChI is InChI=1S/C12H13N3O/c1-14-11(9-6-4-3-5-7-9)10(8-13)12(16)15-2/h3-7,14H,1-2H3,(H,15,16)/b11-10+. The fraction of sp³-hybridized carbons (Fsp3) is 0.167. The minimum Gasteiger partial charge on any atom is -0.386 e. The lowest BCUT2D eigenvalue weighted by Crippen LogP contribution is -2.23. The Labute approximate surface area is 94.6 Å². The molecular formula is C12H13N3O. The first-order valence-corrected chi connectivity index (χ1v) is 4.84. The van der Waals surface area contributed by atoms with Crippen molar-refractivity contribution in [2.24, 2.45) is 0 Å². The van der Waals surface area contributed by atoms with Gasteiger partial charge >= 0.3 is 0 Å². The topological polar surface area (TPSA) is 64.9 Å². The Bertz CT molecular complexity index is 443. The molecule has 4 nitrogen and oxygen atoms in total. The van der Waals surface area contributed by atoms with Gasteiger partial charge in [0.05, 0.1) is 5.70 Å². The third-order valence-electron chi connectivity index (χ3n) is 2.13. The predicted octanol–water partition coefficient (Wildman–Crippen LogP) is 0.887. The summed E-state index contributed by atoms with van der Waals surface area (Å²) >= 11 is 0. The lowest BCUT2D eigenvalue weighted by atomic mass is 10.1. The van der Waals surface area contributed by atoms with E-state index in [9.17, 15) is 4.79 Å². The molecule has 0 saturated carbocycles. The number of carbonyl (C=O) groups excluding carboxylic acids is 1. The van der Waals surface area contributed by atoms with Crippen LogP contribution in [0.2, 0.25) is 0 Å². The van der Waals surface area contributed by atoms with Crippen LogP contribution in [-0.4, -0.2) is 20.0 Å². The van der Waals surface area contributed by atoms with E-state index in [-0.39, 0.29) is 5.57 Å². The van der Waals surface area contributed by atoms with Gasteiger partial charge in [0.1, 0.15) is 11.6 Å². The highest BCUT2D eigenvalue weighted by Crippen LogP contribution is 2.15. The monoisotopic (exact) mass is 215 g/mol. The maximum Gasteiger partial charge on any atom is 0.263 e. The number of nitrogens with one attached hydrogen (secondary N) is 2. The first kappa shape index (κ1) is 11.8. The molecule has 1 aromatic rings. The van der Waals surface area contributed by atoms with Crippen molar-refractivity contribution in [2.45, 2.75) is 0 Å². The van der Waals surface area contributed by atoms with Gasteiger partial charge in [-0.2, -0.15) is 5.26 Å². The van der Waals surface area contributed by atoms with Gasteiger partial charge in [0.2, 0.25) is 0 Å². The molecular weight excluding hydrogens is 202 g/mol. The van der Waals surface area contributed by atoms with E-state index in [0.717, 1.165) is 5.56 Å². The number of hydrogen-bond acceptors (Lipinski definition) is 3. The van der Waals surface area contributed by atoms with Crippen molar-refractivity contribution in [1.82, 2.24) is 10.6 Å². The molecule has 16 heavy (non-hydrogen) atoms. The van der Waals surface area contributed by atoms with Gasteiger partial charge < -0.3 is 10.6 Å². The van der Waals surface area contributed by atoms with Gasteiger partial charge in [-0.05, 0) is 5.56 Å². The average Bonchev–Trinajstić information content (AvgIpc) is 2.36. The zero-order valence-electron chi connectivity index (χ0n) is 9.24. The van der Waals surface area contributed by atoms with Crippen LogP contribution in [0, 0.1) is 11.3 Å². The number of amides is 1. The summed E-state index contributed by atoms with van der Waals surface area (Å²) in [6.07, 6.45) is 0. The number of benzene rings is 1. The zero-order valence-corrected chi connectivity index (χ0v) is 9.24. The summed E-state index contributed by atoms with van der Waals surface area (Å²) in [5.41, 5.74) is 1.42. The van der Waals surface area contributed by atoms with Crippen LogP contribution in [0.4, 0.5) is 0 Å². The molecule has 1 aromatic carbocycles. The highest BCUT2D eigenvalue weighted by Gasteiger charge is 2.14. The second-order valence-electron chi connectivity index (χ2n) is 3.06. The number of hydrogen-bond donors (Lipinski definition) is 2. The van der Waals surface area contributed by atoms with Gasteiger partial charge in [0, 0.05) is 14.1 Å². The average molecular weight is 215 g/mol. The highest BCUT2D eigenvalue weighted by molar-refractivity contribution is 6.04. The normalized spacial score (nSPS) is 11.1. The molecule has 82 valence electrons. The van der Waals surface area contributed by atoms with Crippen molar-refractivity contribution in [1.29, 1.82) is 5.26 Å². The van der Waals surface area contributed by atoms with E-state index in [2.05, 4.69) is 10.6 Å². The molecule has 0 saturated heterocycles. The first-order chi connectivity index (χ1) is 7.74. The zero-order chi connectivity index (χ0) is 12.0. The van der Waals surface area contributed by atoms with E-state index in [0.29, 0.717) is 5.70 Å². The summed E-state index contributed by atoms with van der Waals surface area (Å²) in [5.74, 6) is -0.393. The molecule has 1 rings (SSSR count). The van der Waals surface area contributed by atoms with Crippen LogP contribution in [0.5, 0.6) is 0 Å². The molecule has 0 radical (unpaired) electrons. The van der Waals surface area contributed by atoms with Gasteiger partial charge in [-0.3, -0.25) is 4.79 Å². The van der Waals surface area contributed by atoms with Crippen molar-refractivity contribution in [3.8, 4) is 6.07 Å². The van der Waals surface area contributed by atoms with Crippen LogP contribution in [0.1, 0.15) is 5.56 Å². The van der Waals surface area contributed by atoms with Gasteiger partial charge in [-0.1, -0.05) is 30.3 Å². The number of rotatable bonds is 3. The Hall–Kier alpha value is -2.28. The highest BCUT2D eigenvalue weighted by atomic mass is 16.1. The van der Waals surface area contributed by atoms with Gasteiger partial charge in [0.15, 0.2) is 0 Å². The molecule has 0 fully saturated rings. The quantitative estimate of drug-likeness (QED) is 0.581. The van der Waals surface area contributed by atoms with Crippen molar-refractivity contribution < 1.29 is 4.79 Å². The summed E-state index contributed by atoms with van der Waals surface area (Å²) in [4.78, 5) is 11.5. The molecule has 0 atom stereocenters. The molecule has 1 amide bonds. The van der Waals surface area contributed by atoms with E-state index in [1.54, 1.807) is 7.05 Å². The minimum absolute atomic E-state index is 0.0798. The molecule has 2 N–H and O–H groups in total. The van der Waals surface area contributed by atoms with Crippen LogP contribution in [-0.2, 0) is 4.79 Å². The molecule has 0 aliphatic heterocycles. The maximum absolute atomic E-state index is 11.5. The third kappa shape index (κ3) is 2.39. The minimum atomic E-state index is -0.393. The van der Waals surface area contributed by atoms with E-state index in [4.69, 9.17) is 5.26 Å². The van der Waals surface area contributed by atoms with Crippen molar-refractivity contribution >= 4 is 11.6 Å². The van der Waals surface area contributed by atoms with Crippen LogP contribution >= 0.6 is 0 Å². The molecule has 0 aliphatic carbocycles. The Morgan fingerprint density at radius 3 is 2.25 bits per heavy atom. The largest absolute Gasteiger partial charge is 0.386 e. The van der Waals surface area contributed by atoms with Crippen molar-refractivity contribution in [3.05, 3.63) is 41.5 Å². The fourth-order valence-corrected chi connectivity index (χ4v) is 1.36. The molecule has 0 unspecified atom stereocenters. The number of likely N-dealkylation sites (N-methyl/N-ethyl adjacent to an activating group) is 1. The Morgan fingerprint density at radius 1 is 1.19 bits per heavy atom. The molecule has 4 heteroatoms. The molecule has 0 aromatic heterocycles. The summed E-state index contributed by atoms with van der Waals surface area (Å²) in [7, 11) is 3.18. The van der Waals surface area contributed by atoms with Crippen LogP contribution in [0.15, 0.2) is 35.9 Å². The number of nitriles is 1. The van der Waals surface area contributed by atoms with Gasteiger partial charge in [-0.15, -0.1) is 0 Å². The molecule has 0 spiro atoms. The Morgan fingerprint density at radius 2 is 1.81 bits per heavy atom. The second-order valence-corrected chi connectivity index (χ2v) is 3.06. The smallest absolute Gasteiger partial charge is 0.263 e. The predicted molar refractivity (Wildman–Crippen MR) is 62.1 cm³/mol. The second kappa shape index (κ2) is 5.56. The lowest BCUT2D eigenvalue weighted by molar-refractivity contribution is -0.116. The summed E-state index contributed by atoms with van der Waals surface area (Å²) in [6.45, 7) is 0.